The van der Waals surface area contributed by atoms with Gasteiger partial charge in [0.05, 0.1) is 5.70 Å². The molecule has 0 amide bonds. The van der Waals surface area contributed by atoms with Crippen molar-refractivity contribution in [1.29, 1.82) is 0 Å². The first kappa shape index (κ1) is 7.59. The molecule has 0 spiro atoms. The molecule has 0 fully saturated rings. The maximum absolute atomic E-state index is 4.40. The van der Waals surface area contributed by atoms with E-state index < -0.39 is 0 Å². The average molecular weight is 205 g/mol. The second-order valence-corrected chi connectivity index (χ2v) is 4.85. The lowest BCUT2D eigenvalue weighted by Crippen LogP contribution is -2.19. The second kappa shape index (κ2) is 2.86. The summed E-state index contributed by atoms with van der Waals surface area (Å²) < 4.78 is 1.33. The van der Waals surface area contributed by atoms with Crippen LogP contribution in [-0.2, 0) is 0 Å². The normalized spacial score (nSPS) is 18.8. The van der Waals surface area contributed by atoms with Crippen LogP contribution in [0, 0.1) is 0 Å². The van der Waals surface area contributed by atoms with Crippen LogP contribution < -0.4 is 9.75 Å². The second-order valence-electron chi connectivity index (χ2n) is 2.87. The Labute approximate surface area is 84.2 Å². The summed E-state index contributed by atoms with van der Waals surface area (Å²) in [7, 11) is 0. The molecule has 2 aliphatic rings. The molecule has 0 atom stereocenters. The van der Waals surface area contributed by atoms with Gasteiger partial charge in [-0.2, -0.15) is 0 Å². The average Bonchev–Trinajstić information content (AvgIpc) is 2.72. The number of rotatable bonds is 0. The molecule has 64 valence electrons. The van der Waals surface area contributed by atoms with Gasteiger partial charge < -0.3 is 0 Å². The van der Waals surface area contributed by atoms with Crippen LogP contribution in [0.1, 0.15) is 0 Å². The van der Waals surface area contributed by atoms with Gasteiger partial charge in [0, 0.05) is 26.6 Å². The van der Waals surface area contributed by atoms with Crippen LogP contribution in [0.15, 0.2) is 28.2 Å². The van der Waals surface area contributed by atoms with Gasteiger partial charge in [0.1, 0.15) is 0 Å². The lowest BCUT2D eigenvalue weighted by Gasteiger charge is -1.94. The Morgan fingerprint density at radius 1 is 1.38 bits per heavy atom. The van der Waals surface area contributed by atoms with Crippen molar-refractivity contribution in [2.45, 2.75) is 0 Å². The van der Waals surface area contributed by atoms with Gasteiger partial charge in [0.15, 0.2) is 0 Å². The number of aliphatic imine (C=N–C) groups is 1. The highest BCUT2D eigenvalue weighted by atomic mass is 32.2. The van der Waals surface area contributed by atoms with Gasteiger partial charge in [0.25, 0.3) is 0 Å². The van der Waals surface area contributed by atoms with Gasteiger partial charge in [0.2, 0.25) is 0 Å². The standard InChI is InChI=1S/C10H7NS2/c1-4-11-8-3-6-13-10(8)7-2-5-12-9(1)7/h1-5H,6H2. The zero-order valence-electron chi connectivity index (χ0n) is 6.86. The molecular weight excluding hydrogens is 198 g/mol. The Hall–Kier alpha value is -0.800. The van der Waals surface area contributed by atoms with Crippen LogP contribution in [0.5, 0.6) is 0 Å². The molecule has 0 aromatic carbocycles. The molecule has 0 radical (unpaired) electrons. The molecule has 0 N–H and O–H groups in total. The Bertz CT molecular complexity index is 519. The van der Waals surface area contributed by atoms with Crippen LogP contribution in [0.25, 0.3) is 11.0 Å². The molecule has 0 aliphatic carbocycles. The SMILES string of the molecule is C1=NC2=CCSC2=c2ccsc2=C1. The van der Waals surface area contributed by atoms with Crippen molar-refractivity contribution in [2.75, 3.05) is 5.75 Å². The van der Waals surface area contributed by atoms with E-state index in [0.29, 0.717) is 0 Å². The van der Waals surface area contributed by atoms with Crippen molar-refractivity contribution < 1.29 is 0 Å². The quantitative estimate of drug-likeness (QED) is 0.623. The minimum absolute atomic E-state index is 1.07. The number of thiophene rings is 1. The Balaban J connectivity index is 2.49. The van der Waals surface area contributed by atoms with E-state index in [1.165, 1.54) is 14.7 Å². The zero-order valence-corrected chi connectivity index (χ0v) is 8.49. The monoisotopic (exact) mass is 205 g/mol. The van der Waals surface area contributed by atoms with Crippen molar-refractivity contribution >= 4 is 40.3 Å². The molecule has 1 aromatic rings. The zero-order chi connectivity index (χ0) is 8.67. The lowest BCUT2D eigenvalue weighted by molar-refractivity contribution is 1.46. The fourth-order valence-electron chi connectivity index (χ4n) is 1.52. The van der Waals surface area contributed by atoms with E-state index in [0.717, 1.165) is 11.4 Å². The number of thioether (sulfide) groups is 1. The number of hydrogen-bond donors (Lipinski definition) is 0. The minimum atomic E-state index is 1.07. The first-order valence-corrected chi connectivity index (χ1v) is 5.97. The number of nitrogens with zero attached hydrogens (tertiary/aromatic N) is 1. The highest BCUT2D eigenvalue weighted by Gasteiger charge is 2.13. The molecule has 1 aromatic heterocycles. The third-order valence-corrected chi connectivity index (χ3v) is 4.05. The van der Waals surface area contributed by atoms with Gasteiger partial charge in [-0.25, -0.2) is 0 Å². The first-order chi connectivity index (χ1) is 6.45. The highest BCUT2D eigenvalue weighted by molar-refractivity contribution is 8.08. The molecule has 2 aliphatic heterocycles. The molecule has 0 unspecified atom stereocenters. The largest absolute Gasteiger partial charge is 0.256 e. The fourth-order valence-corrected chi connectivity index (χ4v) is 3.40. The van der Waals surface area contributed by atoms with Crippen molar-refractivity contribution in [2.24, 2.45) is 4.99 Å². The molecular formula is C10H7NS2. The number of fused-ring (bicyclic) bond motifs is 2. The molecule has 3 rings (SSSR count). The Morgan fingerprint density at radius 2 is 2.38 bits per heavy atom. The van der Waals surface area contributed by atoms with E-state index in [4.69, 9.17) is 0 Å². The molecule has 13 heavy (non-hydrogen) atoms. The van der Waals surface area contributed by atoms with E-state index in [1.807, 2.05) is 18.0 Å². The summed E-state index contributed by atoms with van der Waals surface area (Å²) in [6, 6.07) is 2.19. The summed E-state index contributed by atoms with van der Waals surface area (Å²) in [5.41, 5.74) is 1.15. The van der Waals surface area contributed by atoms with Gasteiger partial charge in [-0.05, 0) is 23.6 Å². The van der Waals surface area contributed by atoms with Gasteiger partial charge >= 0.3 is 0 Å². The van der Waals surface area contributed by atoms with E-state index >= 15 is 0 Å². The van der Waals surface area contributed by atoms with Crippen molar-refractivity contribution in [3.8, 4) is 0 Å². The molecule has 3 heteroatoms. The van der Waals surface area contributed by atoms with Gasteiger partial charge in [-0.3, -0.25) is 4.99 Å². The third-order valence-electron chi connectivity index (χ3n) is 2.12. The smallest absolute Gasteiger partial charge is 0.0740 e. The van der Waals surface area contributed by atoms with Gasteiger partial charge in [-0.15, -0.1) is 23.1 Å². The van der Waals surface area contributed by atoms with E-state index in [1.54, 1.807) is 11.3 Å². The van der Waals surface area contributed by atoms with Crippen LogP contribution in [0.4, 0.5) is 0 Å². The van der Waals surface area contributed by atoms with Crippen molar-refractivity contribution in [3.05, 3.63) is 33.0 Å². The van der Waals surface area contributed by atoms with Gasteiger partial charge in [-0.1, -0.05) is 0 Å². The fraction of sp³-hybridized carbons (Fsp3) is 0.100. The highest BCUT2D eigenvalue weighted by Crippen LogP contribution is 2.32. The van der Waals surface area contributed by atoms with Crippen molar-refractivity contribution in [3.63, 3.8) is 0 Å². The first-order valence-electron chi connectivity index (χ1n) is 4.11. The summed E-state index contributed by atoms with van der Waals surface area (Å²) in [5, 5.41) is 3.50. The van der Waals surface area contributed by atoms with E-state index in [-0.39, 0.29) is 0 Å². The summed E-state index contributed by atoms with van der Waals surface area (Å²) in [6.07, 6.45) is 6.18. The summed E-state index contributed by atoms with van der Waals surface area (Å²) in [5.74, 6) is 1.07. The third kappa shape index (κ3) is 1.11. The van der Waals surface area contributed by atoms with Crippen molar-refractivity contribution in [1.82, 2.24) is 0 Å². The van der Waals surface area contributed by atoms with E-state index in [2.05, 4.69) is 28.6 Å². The predicted octanol–water partition coefficient (Wildman–Crippen LogP) is 1.35. The van der Waals surface area contributed by atoms with Crippen LogP contribution in [0.3, 0.4) is 0 Å². The Morgan fingerprint density at radius 3 is 3.38 bits per heavy atom. The maximum atomic E-state index is 4.40. The van der Waals surface area contributed by atoms with E-state index in [9.17, 15) is 0 Å². The molecule has 0 saturated heterocycles. The maximum Gasteiger partial charge on any atom is 0.0740 e. The summed E-state index contributed by atoms with van der Waals surface area (Å²) in [6.45, 7) is 0. The molecule has 0 bridgehead atoms. The van der Waals surface area contributed by atoms with Crippen LogP contribution in [0.2, 0.25) is 0 Å². The topological polar surface area (TPSA) is 12.4 Å². The van der Waals surface area contributed by atoms with Crippen LogP contribution >= 0.6 is 23.1 Å². The molecule has 3 heterocycles. The van der Waals surface area contributed by atoms with Crippen LogP contribution in [-0.4, -0.2) is 12.0 Å². The number of hydrogen-bond acceptors (Lipinski definition) is 3. The summed E-state index contributed by atoms with van der Waals surface area (Å²) >= 11 is 3.66. The predicted molar refractivity (Wildman–Crippen MR) is 60.5 cm³/mol. The Kier molecular flexibility index (Phi) is 1.67. The molecule has 0 saturated carbocycles. The molecule has 1 nitrogen and oxygen atoms in total. The lowest BCUT2D eigenvalue weighted by atomic mass is 10.3. The summed E-state index contributed by atoms with van der Waals surface area (Å²) in [4.78, 5) is 5.75. The minimum Gasteiger partial charge on any atom is -0.256 e.